The lowest BCUT2D eigenvalue weighted by Crippen LogP contribution is -2.08. The molecule has 1 heterocycles. The molecule has 0 fully saturated rings. The SMILES string of the molecule is CCCCCCCCCCCCCC(=O)Oc1cc(-c2cc(=O)oc3ccccc23)ccc1OC. The second-order valence-electron chi connectivity index (χ2n) is 9.10. The van der Waals surface area contributed by atoms with Crippen LogP contribution in [0.2, 0.25) is 0 Å². The van der Waals surface area contributed by atoms with Gasteiger partial charge in [-0.1, -0.05) is 95.4 Å². The van der Waals surface area contributed by atoms with Crippen LogP contribution in [0.25, 0.3) is 22.1 Å². The number of carbonyl (C=O) groups is 1. The first-order valence-corrected chi connectivity index (χ1v) is 13.0. The number of fused-ring (bicyclic) bond motifs is 1. The van der Waals surface area contributed by atoms with Crippen molar-refractivity contribution in [3.63, 3.8) is 0 Å². The fourth-order valence-electron chi connectivity index (χ4n) is 4.38. The Labute approximate surface area is 208 Å². The van der Waals surface area contributed by atoms with Gasteiger partial charge >= 0.3 is 11.6 Å². The smallest absolute Gasteiger partial charge is 0.336 e. The Hall–Kier alpha value is -3.08. The third-order valence-electron chi connectivity index (χ3n) is 6.33. The van der Waals surface area contributed by atoms with Crippen molar-refractivity contribution in [1.29, 1.82) is 0 Å². The summed E-state index contributed by atoms with van der Waals surface area (Å²) in [5.74, 6) is 0.567. The highest BCUT2D eigenvalue weighted by atomic mass is 16.6. The lowest BCUT2D eigenvalue weighted by atomic mass is 10.0. The molecule has 0 N–H and O–H groups in total. The maximum absolute atomic E-state index is 12.5. The minimum atomic E-state index is -0.426. The molecule has 0 amide bonds. The number of para-hydroxylation sites is 1. The van der Waals surface area contributed by atoms with E-state index in [0.717, 1.165) is 35.8 Å². The highest BCUT2D eigenvalue weighted by Gasteiger charge is 2.14. The lowest BCUT2D eigenvalue weighted by Gasteiger charge is -2.12. The van der Waals surface area contributed by atoms with Crippen molar-refractivity contribution in [3.05, 3.63) is 59.0 Å². The van der Waals surface area contributed by atoms with E-state index in [-0.39, 0.29) is 5.97 Å². The summed E-state index contributed by atoms with van der Waals surface area (Å²) in [5, 5.41) is 0.815. The highest BCUT2D eigenvalue weighted by molar-refractivity contribution is 5.93. The van der Waals surface area contributed by atoms with Crippen molar-refractivity contribution in [2.75, 3.05) is 7.11 Å². The summed E-state index contributed by atoms with van der Waals surface area (Å²) in [7, 11) is 1.54. The number of carbonyl (C=O) groups excluding carboxylic acids is 1. The van der Waals surface area contributed by atoms with E-state index in [2.05, 4.69) is 6.92 Å². The van der Waals surface area contributed by atoms with E-state index in [4.69, 9.17) is 13.9 Å². The summed E-state index contributed by atoms with van der Waals surface area (Å²) >= 11 is 0. The first-order valence-electron chi connectivity index (χ1n) is 13.0. The fourth-order valence-corrected chi connectivity index (χ4v) is 4.38. The predicted octanol–water partition coefficient (Wildman–Crippen LogP) is 8.08. The Kier molecular flexibility index (Phi) is 10.9. The number of hydrogen-bond donors (Lipinski definition) is 0. The molecule has 5 heteroatoms. The zero-order valence-electron chi connectivity index (χ0n) is 21.1. The van der Waals surface area contributed by atoms with Gasteiger partial charge in [-0.05, 0) is 35.7 Å². The summed E-state index contributed by atoms with van der Waals surface area (Å²) in [6, 6.07) is 14.2. The fraction of sp³-hybridized carbons (Fsp3) is 0.467. The second-order valence-corrected chi connectivity index (χ2v) is 9.10. The van der Waals surface area contributed by atoms with Crippen LogP contribution in [0.5, 0.6) is 11.5 Å². The maximum atomic E-state index is 12.5. The van der Waals surface area contributed by atoms with Gasteiger partial charge in [0.2, 0.25) is 0 Å². The Morgan fingerprint density at radius 2 is 1.46 bits per heavy atom. The van der Waals surface area contributed by atoms with Crippen LogP contribution in [0.15, 0.2) is 57.7 Å². The monoisotopic (exact) mass is 478 g/mol. The Bertz CT molecular complexity index is 1130. The predicted molar refractivity (Wildman–Crippen MR) is 141 cm³/mol. The van der Waals surface area contributed by atoms with Gasteiger partial charge < -0.3 is 13.9 Å². The van der Waals surface area contributed by atoms with Gasteiger partial charge in [0.15, 0.2) is 11.5 Å². The van der Waals surface area contributed by atoms with Crippen molar-refractivity contribution < 1.29 is 18.7 Å². The molecular formula is C30H38O5. The molecule has 1 aromatic heterocycles. The van der Waals surface area contributed by atoms with Crippen LogP contribution in [0, 0.1) is 0 Å². The van der Waals surface area contributed by atoms with E-state index in [0.29, 0.717) is 23.5 Å². The average Bonchev–Trinajstić information content (AvgIpc) is 2.86. The summed E-state index contributed by atoms with van der Waals surface area (Å²) in [6.07, 6.45) is 13.9. The van der Waals surface area contributed by atoms with E-state index < -0.39 is 5.63 Å². The molecule has 0 saturated heterocycles. The zero-order valence-corrected chi connectivity index (χ0v) is 21.1. The van der Waals surface area contributed by atoms with Crippen LogP contribution in [-0.2, 0) is 4.79 Å². The molecule has 0 aliphatic heterocycles. The van der Waals surface area contributed by atoms with Gasteiger partial charge in [0.25, 0.3) is 0 Å². The quantitative estimate of drug-likeness (QED) is 0.0956. The molecule has 0 aliphatic rings. The maximum Gasteiger partial charge on any atom is 0.336 e. The Balaban J connectivity index is 1.51. The van der Waals surface area contributed by atoms with Gasteiger partial charge in [-0.25, -0.2) is 4.79 Å². The molecule has 3 rings (SSSR count). The van der Waals surface area contributed by atoms with Crippen molar-refractivity contribution in [1.82, 2.24) is 0 Å². The molecule has 0 atom stereocenters. The third-order valence-corrected chi connectivity index (χ3v) is 6.33. The molecule has 0 radical (unpaired) electrons. The molecule has 188 valence electrons. The standard InChI is InChI=1S/C30H38O5/c1-3-4-5-6-7-8-9-10-11-12-13-18-29(31)35-28-21-23(19-20-27(28)33-2)25-22-30(32)34-26-17-15-14-16-24(25)26/h14-17,19-22H,3-13,18H2,1-2H3. The van der Waals surface area contributed by atoms with Crippen LogP contribution < -0.4 is 15.1 Å². The normalized spacial score (nSPS) is 11.0. The Morgan fingerprint density at radius 3 is 2.14 bits per heavy atom. The Morgan fingerprint density at radius 1 is 0.800 bits per heavy atom. The molecule has 0 saturated carbocycles. The molecule has 0 spiro atoms. The van der Waals surface area contributed by atoms with Crippen molar-refractivity contribution in [3.8, 4) is 22.6 Å². The summed E-state index contributed by atoms with van der Waals surface area (Å²) in [5.41, 5.74) is 1.57. The van der Waals surface area contributed by atoms with Crippen LogP contribution in [-0.4, -0.2) is 13.1 Å². The van der Waals surface area contributed by atoms with Gasteiger partial charge in [-0.15, -0.1) is 0 Å². The van der Waals surface area contributed by atoms with E-state index in [9.17, 15) is 9.59 Å². The van der Waals surface area contributed by atoms with Gasteiger partial charge in [0, 0.05) is 17.9 Å². The largest absolute Gasteiger partial charge is 0.493 e. The number of benzene rings is 2. The number of hydrogen-bond acceptors (Lipinski definition) is 5. The first kappa shape index (κ1) is 26.5. The molecule has 2 aromatic carbocycles. The van der Waals surface area contributed by atoms with E-state index in [1.807, 2.05) is 24.3 Å². The average molecular weight is 479 g/mol. The molecule has 0 bridgehead atoms. The third kappa shape index (κ3) is 8.27. The number of rotatable bonds is 15. The second kappa shape index (κ2) is 14.3. The number of unbranched alkanes of at least 4 members (excludes halogenated alkanes) is 10. The topological polar surface area (TPSA) is 65.7 Å². The van der Waals surface area contributed by atoms with Gasteiger partial charge in [0.1, 0.15) is 5.58 Å². The summed E-state index contributed by atoms with van der Waals surface area (Å²) in [6.45, 7) is 2.25. The lowest BCUT2D eigenvalue weighted by molar-refractivity contribution is -0.134. The van der Waals surface area contributed by atoms with Gasteiger partial charge in [-0.3, -0.25) is 4.79 Å². The van der Waals surface area contributed by atoms with Crippen molar-refractivity contribution in [2.45, 2.75) is 84.0 Å². The molecular weight excluding hydrogens is 440 g/mol. The van der Waals surface area contributed by atoms with E-state index in [1.165, 1.54) is 57.4 Å². The minimum absolute atomic E-state index is 0.270. The number of esters is 1. The van der Waals surface area contributed by atoms with E-state index in [1.54, 1.807) is 25.3 Å². The van der Waals surface area contributed by atoms with Crippen molar-refractivity contribution in [2.24, 2.45) is 0 Å². The van der Waals surface area contributed by atoms with Crippen LogP contribution in [0.3, 0.4) is 0 Å². The molecule has 3 aromatic rings. The summed E-state index contributed by atoms with van der Waals surface area (Å²) < 4.78 is 16.4. The molecule has 35 heavy (non-hydrogen) atoms. The van der Waals surface area contributed by atoms with Gasteiger partial charge in [0.05, 0.1) is 7.11 Å². The highest BCUT2D eigenvalue weighted by Crippen LogP contribution is 2.35. The molecule has 5 nitrogen and oxygen atoms in total. The first-order chi connectivity index (χ1) is 17.1. The number of ether oxygens (including phenoxy) is 2. The van der Waals surface area contributed by atoms with Crippen LogP contribution in [0.1, 0.15) is 84.0 Å². The van der Waals surface area contributed by atoms with Crippen LogP contribution >= 0.6 is 0 Å². The number of methoxy groups -OCH3 is 1. The zero-order chi connectivity index (χ0) is 24.9. The van der Waals surface area contributed by atoms with E-state index >= 15 is 0 Å². The molecule has 0 unspecified atom stereocenters. The van der Waals surface area contributed by atoms with Gasteiger partial charge in [-0.2, -0.15) is 0 Å². The molecule has 0 aliphatic carbocycles. The van der Waals surface area contributed by atoms with Crippen LogP contribution in [0.4, 0.5) is 0 Å². The minimum Gasteiger partial charge on any atom is -0.493 e. The summed E-state index contributed by atoms with van der Waals surface area (Å²) in [4.78, 5) is 24.6. The van der Waals surface area contributed by atoms with Crippen molar-refractivity contribution >= 4 is 16.9 Å².